The van der Waals surface area contributed by atoms with Crippen LogP contribution in [0.2, 0.25) is 0 Å². The van der Waals surface area contributed by atoms with E-state index in [1.165, 1.54) is 0 Å². The predicted molar refractivity (Wildman–Crippen MR) is 47.8 cm³/mol. The Kier molecular flexibility index (Phi) is 2.80. The van der Waals surface area contributed by atoms with Gasteiger partial charge in [0, 0.05) is 5.56 Å². The highest BCUT2D eigenvalue weighted by atomic mass is 16.4. The molecule has 0 saturated carbocycles. The zero-order valence-electron chi connectivity index (χ0n) is 7.28. The van der Waals surface area contributed by atoms with Gasteiger partial charge in [0.2, 0.25) is 0 Å². The number of carbonyl (C=O) groups is 2. The van der Waals surface area contributed by atoms with E-state index in [4.69, 9.17) is 5.11 Å². The van der Waals surface area contributed by atoms with E-state index < -0.39 is 12.4 Å². The lowest BCUT2D eigenvalue weighted by molar-refractivity contribution is -0.135. The molecule has 68 valence electrons. The van der Waals surface area contributed by atoms with Crippen molar-refractivity contribution in [3.05, 3.63) is 35.4 Å². The Labute approximate surface area is 76.0 Å². The quantitative estimate of drug-likeness (QED) is 0.565. The molecular weight excluding hydrogens is 168 g/mol. The van der Waals surface area contributed by atoms with Crippen LogP contribution in [-0.2, 0) is 4.79 Å². The molecule has 0 fully saturated rings. The molecule has 0 atom stereocenters. The Bertz CT molecular complexity index is 342. The molecule has 1 aromatic carbocycles. The zero-order valence-corrected chi connectivity index (χ0v) is 7.28. The van der Waals surface area contributed by atoms with Crippen LogP contribution in [0.15, 0.2) is 24.3 Å². The molecule has 0 bridgehead atoms. The van der Waals surface area contributed by atoms with Crippen molar-refractivity contribution < 1.29 is 14.7 Å². The second kappa shape index (κ2) is 3.85. The first-order chi connectivity index (χ1) is 6.11. The molecule has 13 heavy (non-hydrogen) atoms. The molecular formula is C10H10O3. The molecule has 3 heteroatoms. The van der Waals surface area contributed by atoms with Gasteiger partial charge in [-0.25, -0.2) is 0 Å². The molecule has 0 aliphatic rings. The van der Waals surface area contributed by atoms with Crippen LogP contribution in [0.3, 0.4) is 0 Å². The summed E-state index contributed by atoms with van der Waals surface area (Å²) < 4.78 is 0. The van der Waals surface area contributed by atoms with E-state index in [-0.39, 0.29) is 5.78 Å². The Hall–Kier alpha value is -1.64. The molecule has 0 aromatic heterocycles. The van der Waals surface area contributed by atoms with Crippen molar-refractivity contribution >= 4 is 11.8 Å². The number of ketones is 1. The average Bonchev–Trinajstić information content (AvgIpc) is 2.03. The van der Waals surface area contributed by atoms with Gasteiger partial charge >= 0.3 is 5.97 Å². The first-order valence-corrected chi connectivity index (χ1v) is 3.92. The monoisotopic (exact) mass is 178 g/mol. The minimum Gasteiger partial charge on any atom is -0.481 e. The lowest BCUT2D eigenvalue weighted by Crippen LogP contribution is -2.08. The number of hydrogen-bond donors (Lipinski definition) is 1. The number of carboxylic acid groups (broad SMARTS) is 1. The van der Waals surface area contributed by atoms with Crippen molar-refractivity contribution in [3.8, 4) is 0 Å². The third kappa shape index (κ3) is 2.40. The largest absolute Gasteiger partial charge is 0.481 e. The van der Waals surface area contributed by atoms with E-state index in [0.29, 0.717) is 5.56 Å². The molecule has 0 radical (unpaired) electrons. The summed E-state index contributed by atoms with van der Waals surface area (Å²) in [6.45, 7) is 1.79. The number of rotatable bonds is 3. The Morgan fingerprint density at radius 2 is 1.92 bits per heavy atom. The maximum Gasteiger partial charge on any atom is 0.311 e. The van der Waals surface area contributed by atoms with Gasteiger partial charge in [0.1, 0.15) is 6.42 Å². The molecule has 3 nitrogen and oxygen atoms in total. The summed E-state index contributed by atoms with van der Waals surface area (Å²) in [5.41, 5.74) is 1.30. The van der Waals surface area contributed by atoms with E-state index >= 15 is 0 Å². The van der Waals surface area contributed by atoms with E-state index in [1.807, 2.05) is 6.07 Å². The molecule has 0 aliphatic heterocycles. The van der Waals surface area contributed by atoms with E-state index in [2.05, 4.69) is 0 Å². The summed E-state index contributed by atoms with van der Waals surface area (Å²) in [5.74, 6) is -1.43. The summed E-state index contributed by atoms with van der Waals surface area (Å²) in [5, 5.41) is 8.42. The van der Waals surface area contributed by atoms with Gasteiger partial charge in [0.25, 0.3) is 0 Å². The van der Waals surface area contributed by atoms with Crippen LogP contribution in [0.5, 0.6) is 0 Å². The number of aliphatic carboxylic acids is 1. The highest BCUT2D eigenvalue weighted by Crippen LogP contribution is 2.09. The van der Waals surface area contributed by atoms with Crippen LogP contribution in [0.4, 0.5) is 0 Å². The lowest BCUT2D eigenvalue weighted by Gasteiger charge is -2.01. The maximum atomic E-state index is 11.3. The van der Waals surface area contributed by atoms with Gasteiger partial charge in [-0.15, -0.1) is 0 Å². The molecule has 0 spiro atoms. The summed E-state index contributed by atoms with van der Waals surface area (Å²) in [6, 6.07) is 6.96. The molecule has 0 aliphatic carbocycles. The minimum atomic E-state index is -1.09. The van der Waals surface area contributed by atoms with Crippen molar-refractivity contribution in [2.75, 3.05) is 0 Å². The smallest absolute Gasteiger partial charge is 0.311 e. The van der Waals surface area contributed by atoms with Crippen molar-refractivity contribution in [2.24, 2.45) is 0 Å². The highest BCUT2D eigenvalue weighted by molar-refractivity contribution is 6.06. The number of carboxylic acids is 1. The van der Waals surface area contributed by atoms with Crippen molar-refractivity contribution in [1.82, 2.24) is 0 Å². The average molecular weight is 178 g/mol. The summed E-state index contributed by atoms with van der Waals surface area (Å²) >= 11 is 0. The fraction of sp³-hybridized carbons (Fsp3) is 0.200. The van der Waals surface area contributed by atoms with Gasteiger partial charge in [0.15, 0.2) is 5.78 Å². The van der Waals surface area contributed by atoms with Gasteiger partial charge < -0.3 is 5.11 Å². The number of benzene rings is 1. The second-order valence-corrected chi connectivity index (χ2v) is 2.81. The minimum absolute atomic E-state index is 0.342. The normalized spacial score (nSPS) is 9.62. The highest BCUT2D eigenvalue weighted by Gasteiger charge is 2.11. The summed E-state index contributed by atoms with van der Waals surface area (Å²) in [6.07, 6.45) is -0.440. The fourth-order valence-corrected chi connectivity index (χ4v) is 1.12. The fourth-order valence-electron chi connectivity index (χ4n) is 1.12. The van der Waals surface area contributed by atoms with Crippen molar-refractivity contribution in [3.63, 3.8) is 0 Å². The SMILES string of the molecule is Cc1ccccc1C(=O)CC(=O)O. The van der Waals surface area contributed by atoms with Crippen molar-refractivity contribution in [2.45, 2.75) is 13.3 Å². The van der Waals surface area contributed by atoms with Crippen LogP contribution in [-0.4, -0.2) is 16.9 Å². The lowest BCUT2D eigenvalue weighted by atomic mass is 10.0. The number of carbonyl (C=O) groups excluding carboxylic acids is 1. The van der Waals surface area contributed by atoms with Gasteiger partial charge in [-0.1, -0.05) is 24.3 Å². The first kappa shape index (κ1) is 9.45. The van der Waals surface area contributed by atoms with Crippen LogP contribution in [0.1, 0.15) is 22.3 Å². The summed E-state index contributed by atoms with van der Waals surface area (Å²) in [7, 11) is 0. The molecule has 1 N–H and O–H groups in total. The van der Waals surface area contributed by atoms with Crippen molar-refractivity contribution in [1.29, 1.82) is 0 Å². The molecule has 0 saturated heterocycles. The third-order valence-corrected chi connectivity index (χ3v) is 1.76. The van der Waals surface area contributed by atoms with Crippen LogP contribution in [0.25, 0.3) is 0 Å². The second-order valence-electron chi connectivity index (χ2n) is 2.81. The number of Topliss-reactive ketones (excluding diaryl/α,β-unsaturated/α-hetero) is 1. The van der Waals surface area contributed by atoms with Gasteiger partial charge in [-0.2, -0.15) is 0 Å². The van der Waals surface area contributed by atoms with Gasteiger partial charge in [-0.3, -0.25) is 9.59 Å². The number of hydrogen-bond acceptors (Lipinski definition) is 2. The molecule has 1 aromatic rings. The molecule has 0 heterocycles. The maximum absolute atomic E-state index is 11.3. The first-order valence-electron chi connectivity index (χ1n) is 3.92. The van der Waals surface area contributed by atoms with Crippen LogP contribution >= 0.6 is 0 Å². The third-order valence-electron chi connectivity index (χ3n) is 1.76. The van der Waals surface area contributed by atoms with E-state index in [1.54, 1.807) is 25.1 Å². The number of aryl methyl sites for hydroxylation is 1. The standard InChI is InChI=1S/C10H10O3/c1-7-4-2-3-5-8(7)9(11)6-10(12)13/h2-5H,6H2,1H3,(H,12,13). The van der Waals surface area contributed by atoms with Crippen LogP contribution < -0.4 is 0 Å². The molecule has 0 amide bonds. The van der Waals surface area contributed by atoms with E-state index in [0.717, 1.165) is 5.56 Å². The Balaban J connectivity index is 2.89. The van der Waals surface area contributed by atoms with Gasteiger partial charge in [0.05, 0.1) is 0 Å². The predicted octanol–water partition coefficient (Wildman–Crippen LogP) is 1.65. The van der Waals surface area contributed by atoms with E-state index in [9.17, 15) is 9.59 Å². The Morgan fingerprint density at radius 1 is 1.31 bits per heavy atom. The zero-order chi connectivity index (χ0) is 9.84. The topological polar surface area (TPSA) is 54.4 Å². The van der Waals surface area contributed by atoms with Crippen LogP contribution in [0, 0.1) is 6.92 Å². The molecule has 1 rings (SSSR count). The van der Waals surface area contributed by atoms with Gasteiger partial charge in [-0.05, 0) is 12.5 Å². The Morgan fingerprint density at radius 3 is 2.46 bits per heavy atom. The summed E-state index contributed by atoms with van der Waals surface area (Å²) in [4.78, 5) is 21.6. The molecule has 0 unspecified atom stereocenters.